The van der Waals surface area contributed by atoms with Crippen molar-refractivity contribution in [2.75, 3.05) is 0 Å². The average molecular weight is 343 g/mol. The molecule has 0 atom stereocenters. The third-order valence-corrected chi connectivity index (χ3v) is 3.77. The normalized spacial score (nSPS) is 10.8. The molecule has 0 bridgehead atoms. The van der Waals surface area contributed by atoms with Crippen molar-refractivity contribution in [3.63, 3.8) is 0 Å². The summed E-state index contributed by atoms with van der Waals surface area (Å²) in [4.78, 5) is 20.2. The monoisotopic (exact) mass is 343 g/mol. The van der Waals surface area contributed by atoms with Gasteiger partial charge in [-0.3, -0.25) is 4.79 Å². The van der Waals surface area contributed by atoms with Crippen LogP contribution in [0, 0.1) is 19.7 Å². The molecule has 0 aliphatic rings. The number of nitrogens with one attached hydrogen (secondary N) is 1. The highest BCUT2D eigenvalue weighted by Gasteiger charge is 2.12. The smallest absolute Gasteiger partial charge is 0.220 e. The second-order valence-electron chi connectivity index (χ2n) is 5.62. The van der Waals surface area contributed by atoms with Crippen molar-refractivity contribution in [3.05, 3.63) is 59.5 Å². The Kier molecular flexibility index (Phi) is 4.92. The van der Waals surface area contributed by atoms with E-state index in [1.807, 2.05) is 13.8 Å². The minimum atomic E-state index is -0.375. The number of amides is 1. The maximum Gasteiger partial charge on any atom is 0.220 e. The lowest BCUT2D eigenvalue weighted by Gasteiger charge is -2.01. The summed E-state index contributed by atoms with van der Waals surface area (Å²) in [6.07, 6.45) is 1.99. The molecule has 1 N–H and O–H groups in total. The number of hydrogen-bond acceptors (Lipinski definition) is 5. The lowest BCUT2D eigenvalue weighted by molar-refractivity contribution is -0.121. The topological polar surface area (TPSA) is 81.2 Å². The van der Waals surface area contributed by atoms with Crippen LogP contribution in [0.1, 0.15) is 29.7 Å². The summed E-state index contributed by atoms with van der Waals surface area (Å²) < 4.78 is 24.6. The predicted octanol–water partition coefficient (Wildman–Crippen LogP) is 3.33. The zero-order chi connectivity index (χ0) is 17.8. The highest BCUT2D eigenvalue weighted by atomic mass is 19.1. The van der Waals surface area contributed by atoms with Crippen molar-refractivity contribution >= 4 is 5.91 Å². The van der Waals surface area contributed by atoms with Gasteiger partial charge in [-0.1, -0.05) is 12.1 Å². The third-order valence-electron chi connectivity index (χ3n) is 3.77. The number of rotatable bonds is 6. The van der Waals surface area contributed by atoms with E-state index >= 15 is 0 Å². The summed E-state index contributed by atoms with van der Waals surface area (Å²) in [5.74, 6) is 1.40. The molecule has 1 aromatic carbocycles. The Morgan fingerprint density at radius 3 is 2.72 bits per heavy atom. The van der Waals surface area contributed by atoms with Crippen molar-refractivity contribution in [2.24, 2.45) is 0 Å². The van der Waals surface area contributed by atoms with Crippen LogP contribution < -0.4 is 5.32 Å². The predicted molar refractivity (Wildman–Crippen MR) is 88.0 cm³/mol. The maximum absolute atomic E-state index is 13.7. The Hall–Kier alpha value is -2.96. The van der Waals surface area contributed by atoms with Crippen molar-refractivity contribution in [3.8, 4) is 11.3 Å². The standard InChI is InChI=1S/C18H18FN3O3/c1-11-12(2)24-18(22-11)10-20-16(23)7-8-17-21-9-15(25-17)13-5-3-4-6-14(13)19/h3-6,9H,7-8,10H2,1-2H3,(H,20,23). The van der Waals surface area contributed by atoms with Gasteiger partial charge in [-0.05, 0) is 26.0 Å². The molecule has 1 amide bonds. The van der Waals surface area contributed by atoms with Crippen molar-refractivity contribution in [1.82, 2.24) is 15.3 Å². The van der Waals surface area contributed by atoms with E-state index in [-0.39, 0.29) is 24.7 Å². The first-order valence-electron chi connectivity index (χ1n) is 7.92. The number of nitrogens with zero attached hydrogens (tertiary/aromatic N) is 2. The summed E-state index contributed by atoms with van der Waals surface area (Å²) in [7, 11) is 0. The largest absolute Gasteiger partial charge is 0.444 e. The van der Waals surface area contributed by atoms with E-state index in [0.29, 0.717) is 29.5 Å². The van der Waals surface area contributed by atoms with Crippen molar-refractivity contribution < 1.29 is 18.0 Å². The molecular weight excluding hydrogens is 325 g/mol. The van der Waals surface area contributed by atoms with E-state index in [1.165, 1.54) is 12.3 Å². The summed E-state index contributed by atoms with van der Waals surface area (Å²) >= 11 is 0. The van der Waals surface area contributed by atoms with Gasteiger partial charge in [0.1, 0.15) is 11.6 Å². The molecule has 0 saturated carbocycles. The number of carbonyl (C=O) groups is 1. The molecule has 3 aromatic rings. The van der Waals surface area contributed by atoms with E-state index in [4.69, 9.17) is 8.83 Å². The van der Waals surface area contributed by atoms with E-state index in [1.54, 1.807) is 18.2 Å². The molecule has 0 saturated heterocycles. The van der Waals surface area contributed by atoms with Gasteiger partial charge in [-0.25, -0.2) is 14.4 Å². The molecule has 3 rings (SSSR count). The lowest BCUT2D eigenvalue weighted by Crippen LogP contribution is -2.23. The molecule has 0 unspecified atom stereocenters. The fourth-order valence-corrected chi connectivity index (χ4v) is 2.31. The molecular formula is C18H18FN3O3. The van der Waals surface area contributed by atoms with E-state index in [0.717, 1.165) is 11.5 Å². The fourth-order valence-electron chi connectivity index (χ4n) is 2.31. The first-order chi connectivity index (χ1) is 12.0. The second-order valence-corrected chi connectivity index (χ2v) is 5.62. The first kappa shape index (κ1) is 16.9. The Morgan fingerprint density at radius 1 is 1.20 bits per heavy atom. The van der Waals surface area contributed by atoms with E-state index < -0.39 is 0 Å². The number of halogens is 1. The van der Waals surface area contributed by atoms with Crippen LogP contribution in [0.5, 0.6) is 0 Å². The quantitative estimate of drug-likeness (QED) is 0.742. The molecule has 0 fully saturated rings. The van der Waals surface area contributed by atoms with Gasteiger partial charge < -0.3 is 14.2 Å². The zero-order valence-electron chi connectivity index (χ0n) is 14.0. The zero-order valence-corrected chi connectivity index (χ0v) is 14.0. The molecule has 25 heavy (non-hydrogen) atoms. The Morgan fingerprint density at radius 2 is 2.00 bits per heavy atom. The summed E-state index contributed by atoms with van der Waals surface area (Å²) in [5.41, 5.74) is 1.16. The second kappa shape index (κ2) is 7.29. The SMILES string of the molecule is Cc1nc(CNC(=O)CCc2ncc(-c3ccccc3F)o2)oc1C. The van der Waals surface area contributed by atoms with Crippen LogP contribution in [0.15, 0.2) is 39.3 Å². The van der Waals surface area contributed by atoms with Gasteiger partial charge in [-0.15, -0.1) is 0 Å². The Balaban J connectivity index is 1.52. The van der Waals surface area contributed by atoms with Crippen LogP contribution in [-0.2, 0) is 17.8 Å². The minimum Gasteiger partial charge on any atom is -0.444 e. The number of benzene rings is 1. The molecule has 0 spiro atoms. The molecule has 6 nitrogen and oxygen atoms in total. The van der Waals surface area contributed by atoms with Gasteiger partial charge in [0.2, 0.25) is 11.8 Å². The van der Waals surface area contributed by atoms with Gasteiger partial charge in [0.05, 0.1) is 24.0 Å². The molecule has 0 aliphatic carbocycles. The third kappa shape index (κ3) is 4.12. The van der Waals surface area contributed by atoms with Crippen LogP contribution in [0.4, 0.5) is 4.39 Å². The number of aromatic nitrogens is 2. The fraction of sp³-hybridized carbons (Fsp3) is 0.278. The number of aryl methyl sites for hydroxylation is 3. The van der Waals surface area contributed by atoms with Crippen molar-refractivity contribution in [1.29, 1.82) is 0 Å². The first-order valence-corrected chi connectivity index (χ1v) is 7.92. The summed E-state index contributed by atoms with van der Waals surface area (Å²) in [5, 5.41) is 2.73. The Labute approximate surface area is 144 Å². The summed E-state index contributed by atoms with van der Waals surface area (Å²) in [6, 6.07) is 6.31. The van der Waals surface area contributed by atoms with Gasteiger partial charge in [-0.2, -0.15) is 0 Å². The van der Waals surface area contributed by atoms with Crippen LogP contribution >= 0.6 is 0 Å². The van der Waals surface area contributed by atoms with Gasteiger partial charge in [0.15, 0.2) is 11.7 Å². The molecule has 7 heteroatoms. The minimum absolute atomic E-state index is 0.167. The van der Waals surface area contributed by atoms with Gasteiger partial charge >= 0.3 is 0 Å². The van der Waals surface area contributed by atoms with Gasteiger partial charge in [0, 0.05) is 12.8 Å². The van der Waals surface area contributed by atoms with Gasteiger partial charge in [0.25, 0.3) is 0 Å². The molecule has 0 aliphatic heterocycles. The lowest BCUT2D eigenvalue weighted by atomic mass is 10.2. The van der Waals surface area contributed by atoms with Crippen LogP contribution in [-0.4, -0.2) is 15.9 Å². The van der Waals surface area contributed by atoms with E-state index in [2.05, 4.69) is 15.3 Å². The number of carbonyl (C=O) groups excluding carboxylic acids is 1. The number of oxazole rings is 2. The molecule has 2 heterocycles. The average Bonchev–Trinajstić information content (AvgIpc) is 3.18. The highest BCUT2D eigenvalue weighted by molar-refractivity contribution is 5.75. The van der Waals surface area contributed by atoms with Crippen molar-refractivity contribution in [2.45, 2.75) is 33.2 Å². The van der Waals surface area contributed by atoms with Crippen LogP contribution in [0.2, 0.25) is 0 Å². The van der Waals surface area contributed by atoms with E-state index in [9.17, 15) is 9.18 Å². The molecule has 130 valence electrons. The number of hydrogen-bond donors (Lipinski definition) is 1. The van der Waals surface area contributed by atoms with Crippen LogP contribution in [0.3, 0.4) is 0 Å². The molecule has 2 aromatic heterocycles. The Bertz CT molecular complexity index is 866. The summed E-state index contributed by atoms with van der Waals surface area (Å²) in [6.45, 7) is 3.91. The molecule has 0 radical (unpaired) electrons. The maximum atomic E-state index is 13.7. The van der Waals surface area contributed by atoms with Crippen LogP contribution in [0.25, 0.3) is 11.3 Å². The highest BCUT2D eigenvalue weighted by Crippen LogP contribution is 2.23.